The van der Waals surface area contributed by atoms with Crippen LogP contribution in [0.3, 0.4) is 0 Å². The number of benzene rings is 2. The first-order valence-electron chi connectivity index (χ1n) is 6.25. The molecule has 102 valence electrons. The number of nitrogens with zero attached hydrogens (tertiary/aromatic N) is 2. The molecule has 3 rings (SSSR count). The predicted octanol–water partition coefficient (Wildman–Crippen LogP) is 3.12. The predicted molar refractivity (Wildman–Crippen MR) is 79.5 cm³/mol. The minimum atomic E-state index is -0.291. The van der Waals surface area contributed by atoms with Gasteiger partial charge in [-0.2, -0.15) is 5.26 Å². The summed E-state index contributed by atoms with van der Waals surface area (Å²) in [6, 6.07) is 13.9. The number of fused-ring (bicyclic) bond motifs is 1. The minimum absolute atomic E-state index is 0.204. The second-order valence-corrected chi connectivity index (χ2v) is 5.61. The van der Waals surface area contributed by atoms with Crippen molar-refractivity contribution >= 4 is 27.7 Å². The van der Waals surface area contributed by atoms with Crippen molar-refractivity contribution in [2.75, 3.05) is 0 Å². The molecule has 0 N–H and O–H groups in total. The highest BCUT2D eigenvalue weighted by Gasteiger charge is 2.35. The fraction of sp³-hybridized carbons (Fsp3) is 0.0625. The van der Waals surface area contributed by atoms with Crippen molar-refractivity contribution < 1.29 is 9.59 Å². The summed E-state index contributed by atoms with van der Waals surface area (Å²) < 4.78 is 0.766. The maximum Gasteiger partial charge on any atom is 0.261 e. The SMILES string of the molecule is N#Cc1ccc(CN2C(=O)c3ccc(Br)cc3C2=O)cc1. The van der Waals surface area contributed by atoms with Crippen LogP contribution in [-0.2, 0) is 6.54 Å². The second-order valence-electron chi connectivity index (χ2n) is 4.70. The average molecular weight is 341 g/mol. The molecule has 0 radical (unpaired) electrons. The van der Waals surface area contributed by atoms with Crippen molar-refractivity contribution in [3.8, 4) is 6.07 Å². The summed E-state index contributed by atoms with van der Waals surface area (Å²) >= 11 is 3.30. The highest BCUT2D eigenvalue weighted by Crippen LogP contribution is 2.27. The van der Waals surface area contributed by atoms with E-state index >= 15 is 0 Å². The van der Waals surface area contributed by atoms with Gasteiger partial charge in [-0.05, 0) is 35.9 Å². The van der Waals surface area contributed by atoms with Crippen molar-refractivity contribution in [3.05, 3.63) is 69.2 Å². The molecule has 2 aromatic carbocycles. The maximum atomic E-state index is 12.3. The van der Waals surface area contributed by atoms with E-state index in [-0.39, 0.29) is 18.4 Å². The van der Waals surface area contributed by atoms with Gasteiger partial charge in [0.15, 0.2) is 0 Å². The molecule has 21 heavy (non-hydrogen) atoms. The van der Waals surface area contributed by atoms with Crippen LogP contribution in [0, 0.1) is 11.3 Å². The highest BCUT2D eigenvalue weighted by molar-refractivity contribution is 9.10. The van der Waals surface area contributed by atoms with Gasteiger partial charge in [-0.15, -0.1) is 0 Å². The standard InChI is InChI=1S/C16H9BrN2O2/c17-12-5-6-13-14(7-12)16(21)19(15(13)20)9-11-3-1-10(8-18)2-4-11/h1-7H,9H2. The minimum Gasteiger partial charge on any atom is -0.270 e. The van der Waals surface area contributed by atoms with E-state index in [0.717, 1.165) is 10.0 Å². The molecule has 0 unspecified atom stereocenters. The van der Waals surface area contributed by atoms with Crippen LogP contribution in [-0.4, -0.2) is 16.7 Å². The highest BCUT2D eigenvalue weighted by atomic mass is 79.9. The lowest BCUT2D eigenvalue weighted by atomic mass is 10.1. The summed E-state index contributed by atoms with van der Waals surface area (Å²) in [4.78, 5) is 25.8. The molecule has 0 saturated heterocycles. The number of halogens is 1. The molecule has 5 heteroatoms. The summed E-state index contributed by atoms with van der Waals surface area (Å²) in [6.07, 6.45) is 0. The van der Waals surface area contributed by atoms with Gasteiger partial charge in [0.25, 0.3) is 11.8 Å². The van der Waals surface area contributed by atoms with Crippen molar-refractivity contribution in [1.82, 2.24) is 4.90 Å². The molecule has 1 heterocycles. The molecule has 2 amide bonds. The Morgan fingerprint density at radius 1 is 1.00 bits per heavy atom. The quantitative estimate of drug-likeness (QED) is 0.789. The summed E-state index contributed by atoms with van der Waals surface area (Å²) in [7, 11) is 0. The molecule has 0 spiro atoms. The summed E-state index contributed by atoms with van der Waals surface area (Å²) in [5.74, 6) is -0.576. The largest absolute Gasteiger partial charge is 0.270 e. The van der Waals surface area contributed by atoms with E-state index in [1.54, 1.807) is 42.5 Å². The summed E-state index contributed by atoms with van der Waals surface area (Å²) in [5, 5.41) is 8.77. The van der Waals surface area contributed by atoms with Crippen LogP contribution < -0.4 is 0 Å². The molecule has 4 nitrogen and oxygen atoms in total. The normalized spacial score (nSPS) is 13.2. The Bertz CT molecular complexity index is 791. The Balaban J connectivity index is 1.89. The topological polar surface area (TPSA) is 61.2 Å². The Morgan fingerprint density at radius 3 is 2.33 bits per heavy atom. The van der Waals surface area contributed by atoms with Crippen molar-refractivity contribution in [1.29, 1.82) is 5.26 Å². The van der Waals surface area contributed by atoms with Gasteiger partial charge in [-0.25, -0.2) is 0 Å². The van der Waals surface area contributed by atoms with Gasteiger partial charge in [0.2, 0.25) is 0 Å². The molecular weight excluding hydrogens is 332 g/mol. The average Bonchev–Trinajstić information content (AvgIpc) is 2.73. The zero-order chi connectivity index (χ0) is 15.0. The number of carbonyl (C=O) groups is 2. The number of hydrogen-bond acceptors (Lipinski definition) is 3. The number of carbonyl (C=O) groups excluding carboxylic acids is 2. The summed E-state index contributed by atoms with van der Waals surface area (Å²) in [6.45, 7) is 0.204. The van der Waals surface area contributed by atoms with Gasteiger partial charge >= 0.3 is 0 Å². The van der Waals surface area contributed by atoms with E-state index in [2.05, 4.69) is 15.9 Å². The Kier molecular flexibility index (Phi) is 3.32. The molecule has 1 aliphatic rings. The Morgan fingerprint density at radius 2 is 1.67 bits per heavy atom. The number of amides is 2. The van der Waals surface area contributed by atoms with Crippen LogP contribution in [0.15, 0.2) is 46.9 Å². The van der Waals surface area contributed by atoms with E-state index in [9.17, 15) is 9.59 Å². The fourth-order valence-corrected chi connectivity index (χ4v) is 2.63. The van der Waals surface area contributed by atoms with Crippen LogP contribution in [0.4, 0.5) is 0 Å². The number of imide groups is 1. The first-order chi connectivity index (χ1) is 10.1. The van der Waals surface area contributed by atoms with Crippen LogP contribution in [0.2, 0.25) is 0 Å². The van der Waals surface area contributed by atoms with Crippen molar-refractivity contribution in [2.24, 2.45) is 0 Å². The molecule has 0 saturated carbocycles. The molecule has 0 aromatic heterocycles. The number of rotatable bonds is 2. The lowest BCUT2D eigenvalue weighted by molar-refractivity contribution is 0.0642. The van der Waals surface area contributed by atoms with Gasteiger partial charge < -0.3 is 0 Å². The van der Waals surface area contributed by atoms with E-state index < -0.39 is 0 Å². The molecule has 0 aliphatic carbocycles. The maximum absolute atomic E-state index is 12.3. The third kappa shape index (κ3) is 2.34. The first kappa shape index (κ1) is 13.5. The van der Waals surface area contributed by atoms with Crippen LogP contribution in [0.5, 0.6) is 0 Å². The first-order valence-corrected chi connectivity index (χ1v) is 7.04. The Labute approximate surface area is 129 Å². The van der Waals surface area contributed by atoms with Crippen LogP contribution in [0.25, 0.3) is 0 Å². The van der Waals surface area contributed by atoms with E-state index in [1.807, 2.05) is 6.07 Å². The molecule has 0 atom stereocenters. The molecule has 2 aromatic rings. The monoisotopic (exact) mass is 340 g/mol. The third-order valence-corrected chi connectivity index (χ3v) is 3.85. The zero-order valence-corrected chi connectivity index (χ0v) is 12.4. The lowest BCUT2D eigenvalue weighted by Gasteiger charge is -2.13. The van der Waals surface area contributed by atoms with Gasteiger partial charge in [0, 0.05) is 4.47 Å². The van der Waals surface area contributed by atoms with Gasteiger partial charge in [0.1, 0.15) is 0 Å². The van der Waals surface area contributed by atoms with Crippen LogP contribution >= 0.6 is 15.9 Å². The molecule has 0 bridgehead atoms. The van der Waals surface area contributed by atoms with Crippen molar-refractivity contribution in [2.45, 2.75) is 6.54 Å². The summed E-state index contributed by atoms with van der Waals surface area (Å²) in [5.41, 5.74) is 2.20. The van der Waals surface area contributed by atoms with Crippen LogP contribution in [0.1, 0.15) is 31.8 Å². The smallest absolute Gasteiger partial charge is 0.261 e. The Hall–Kier alpha value is -2.45. The lowest BCUT2D eigenvalue weighted by Crippen LogP contribution is -2.29. The van der Waals surface area contributed by atoms with E-state index in [0.29, 0.717) is 16.7 Å². The van der Waals surface area contributed by atoms with E-state index in [4.69, 9.17) is 5.26 Å². The zero-order valence-electron chi connectivity index (χ0n) is 10.8. The second kappa shape index (κ2) is 5.15. The third-order valence-electron chi connectivity index (χ3n) is 3.36. The number of hydrogen-bond donors (Lipinski definition) is 0. The fourth-order valence-electron chi connectivity index (χ4n) is 2.27. The van der Waals surface area contributed by atoms with Gasteiger partial charge in [-0.3, -0.25) is 14.5 Å². The molecule has 1 aliphatic heterocycles. The molecular formula is C16H9BrN2O2. The van der Waals surface area contributed by atoms with Gasteiger partial charge in [-0.1, -0.05) is 28.1 Å². The van der Waals surface area contributed by atoms with Crippen molar-refractivity contribution in [3.63, 3.8) is 0 Å². The molecule has 0 fully saturated rings. The van der Waals surface area contributed by atoms with E-state index in [1.165, 1.54) is 4.90 Å². The van der Waals surface area contributed by atoms with Gasteiger partial charge in [0.05, 0.1) is 29.3 Å². The number of nitriles is 1.